The first-order valence-electron chi connectivity index (χ1n) is 5.27. The maximum atomic E-state index is 11.3. The summed E-state index contributed by atoms with van der Waals surface area (Å²) in [6.45, 7) is 1.82. The Hall–Kier alpha value is -2.29. The Bertz CT molecular complexity index is 690. The molecule has 0 atom stereocenters. The van der Waals surface area contributed by atoms with Crippen LogP contribution in [0.5, 0.6) is 0 Å². The summed E-state index contributed by atoms with van der Waals surface area (Å²) in [4.78, 5) is 15.6. The van der Waals surface area contributed by atoms with Gasteiger partial charge in [-0.3, -0.25) is 4.57 Å². The van der Waals surface area contributed by atoms with Gasteiger partial charge in [0, 0.05) is 12.7 Å². The average molecular weight is 280 g/mol. The topological polar surface area (TPSA) is 122 Å². The fourth-order valence-electron chi connectivity index (χ4n) is 1.37. The van der Waals surface area contributed by atoms with Crippen LogP contribution in [0.25, 0.3) is 0 Å². The third kappa shape index (κ3) is 2.60. The highest BCUT2D eigenvalue weighted by atomic mass is 32.2. The van der Waals surface area contributed by atoms with Gasteiger partial charge in [-0.15, -0.1) is 5.10 Å². The lowest BCUT2D eigenvalue weighted by Gasteiger charge is -2.07. The van der Waals surface area contributed by atoms with Crippen LogP contribution in [0.15, 0.2) is 32.3 Å². The molecule has 0 radical (unpaired) electrons. The van der Waals surface area contributed by atoms with Crippen molar-refractivity contribution in [2.75, 3.05) is 0 Å². The van der Waals surface area contributed by atoms with Gasteiger partial charge in [-0.05, 0) is 30.8 Å². The Balaban J connectivity index is 2.47. The summed E-state index contributed by atoms with van der Waals surface area (Å²) in [5.74, 6) is -0.0458. The first-order valence-corrected chi connectivity index (χ1v) is 6.09. The second kappa shape index (κ2) is 5.14. The molecular formula is C10H12N6O2S. The summed E-state index contributed by atoms with van der Waals surface area (Å²) in [6, 6.07) is 3.45. The van der Waals surface area contributed by atoms with Crippen molar-refractivity contribution in [2.24, 2.45) is 17.9 Å². The molecule has 2 heterocycles. The molecule has 0 aromatic carbocycles. The minimum atomic E-state index is -0.319. The van der Waals surface area contributed by atoms with E-state index in [0.29, 0.717) is 15.7 Å². The molecule has 0 saturated heterocycles. The summed E-state index contributed by atoms with van der Waals surface area (Å²) in [5.41, 5.74) is 6.53. The monoisotopic (exact) mass is 280 g/mol. The number of H-pyrrole nitrogens is 1. The Morgan fingerprint density at radius 2 is 2.32 bits per heavy atom. The Labute approximate surface area is 112 Å². The highest BCUT2D eigenvalue weighted by molar-refractivity contribution is 7.99. The highest BCUT2D eigenvalue weighted by Crippen LogP contribution is 2.26. The van der Waals surface area contributed by atoms with Crippen LogP contribution in [0.4, 0.5) is 0 Å². The van der Waals surface area contributed by atoms with Gasteiger partial charge in [0.25, 0.3) is 0 Å². The van der Waals surface area contributed by atoms with E-state index in [1.54, 1.807) is 19.2 Å². The number of aromatic amines is 1. The maximum absolute atomic E-state index is 11.3. The van der Waals surface area contributed by atoms with Crippen LogP contribution in [0.3, 0.4) is 0 Å². The van der Waals surface area contributed by atoms with Crippen molar-refractivity contribution in [3.63, 3.8) is 0 Å². The number of hydrogen-bond acceptors (Lipinski definition) is 6. The fourth-order valence-corrected chi connectivity index (χ4v) is 2.33. The summed E-state index contributed by atoms with van der Waals surface area (Å²) < 4.78 is 1.35. The lowest BCUT2D eigenvalue weighted by Crippen LogP contribution is -2.16. The minimum absolute atomic E-state index is 0.0458. The van der Waals surface area contributed by atoms with Gasteiger partial charge in [-0.25, -0.2) is 14.9 Å². The van der Waals surface area contributed by atoms with E-state index < -0.39 is 0 Å². The fraction of sp³-hybridized carbons (Fsp3) is 0.200. The lowest BCUT2D eigenvalue weighted by atomic mass is 10.2. The molecule has 0 aliphatic heterocycles. The number of nitrogens with zero attached hydrogens (tertiary/aromatic N) is 4. The second-order valence-electron chi connectivity index (χ2n) is 3.76. The van der Waals surface area contributed by atoms with Crippen LogP contribution in [-0.4, -0.2) is 30.8 Å². The smallest absolute Gasteiger partial charge is 0.343 e. The minimum Gasteiger partial charge on any atom is -0.409 e. The van der Waals surface area contributed by atoms with Gasteiger partial charge in [0.05, 0.1) is 5.56 Å². The summed E-state index contributed by atoms with van der Waals surface area (Å²) in [7, 11) is 1.59. The van der Waals surface area contributed by atoms with Gasteiger partial charge < -0.3 is 10.9 Å². The standard InChI is InChI=1S/C10H12N6O2S/c1-5-3-4-6(7(11)15-18)8(12-5)19-10-14-13-9(17)16(10)2/h3-4,18H,1-2H3,(H2,11,15)(H,13,17). The molecule has 100 valence electrons. The van der Waals surface area contributed by atoms with Crippen LogP contribution < -0.4 is 11.4 Å². The van der Waals surface area contributed by atoms with E-state index in [1.165, 1.54) is 4.57 Å². The van der Waals surface area contributed by atoms with Gasteiger partial charge in [0.2, 0.25) is 0 Å². The normalized spacial score (nSPS) is 11.8. The maximum Gasteiger partial charge on any atom is 0.343 e. The van der Waals surface area contributed by atoms with Crippen LogP contribution >= 0.6 is 11.8 Å². The number of oxime groups is 1. The van der Waals surface area contributed by atoms with E-state index in [4.69, 9.17) is 10.9 Å². The lowest BCUT2D eigenvalue weighted by molar-refractivity contribution is 0.318. The van der Waals surface area contributed by atoms with Gasteiger partial charge in [0.15, 0.2) is 11.0 Å². The molecule has 0 saturated carbocycles. The SMILES string of the molecule is Cc1ccc(C(N)=NO)c(Sc2n[nH]c(=O)n2C)n1. The molecule has 0 aliphatic rings. The van der Waals surface area contributed by atoms with Crippen molar-refractivity contribution < 1.29 is 5.21 Å². The number of nitrogens with two attached hydrogens (primary N) is 1. The summed E-state index contributed by atoms with van der Waals surface area (Å²) >= 11 is 1.16. The Morgan fingerprint density at radius 1 is 1.58 bits per heavy atom. The number of amidine groups is 1. The second-order valence-corrected chi connectivity index (χ2v) is 4.72. The van der Waals surface area contributed by atoms with Crippen molar-refractivity contribution in [1.29, 1.82) is 0 Å². The van der Waals surface area contributed by atoms with Crippen LogP contribution in [-0.2, 0) is 7.05 Å². The van der Waals surface area contributed by atoms with Crippen molar-refractivity contribution in [2.45, 2.75) is 17.1 Å². The molecule has 0 fully saturated rings. The molecule has 0 amide bonds. The van der Waals surface area contributed by atoms with Gasteiger partial charge >= 0.3 is 5.69 Å². The third-order valence-electron chi connectivity index (χ3n) is 2.41. The first kappa shape index (κ1) is 13.1. The number of hydrogen-bond donors (Lipinski definition) is 3. The van der Waals surface area contributed by atoms with Crippen LogP contribution in [0.2, 0.25) is 0 Å². The average Bonchev–Trinajstić information content (AvgIpc) is 2.70. The molecular weight excluding hydrogens is 268 g/mol. The molecule has 0 aliphatic carbocycles. The number of aryl methyl sites for hydroxylation is 1. The van der Waals surface area contributed by atoms with E-state index in [-0.39, 0.29) is 11.5 Å². The molecule has 2 rings (SSSR count). The summed E-state index contributed by atoms with van der Waals surface area (Å²) in [5, 5.41) is 18.9. The van der Waals surface area contributed by atoms with E-state index in [0.717, 1.165) is 17.5 Å². The zero-order valence-corrected chi connectivity index (χ0v) is 11.1. The molecule has 9 heteroatoms. The van der Waals surface area contributed by atoms with E-state index in [9.17, 15) is 4.79 Å². The molecule has 0 bridgehead atoms. The van der Waals surface area contributed by atoms with Crippen molar-refractivity contribution >= 4 is 17.6 Å². The summed E-state index contributed by atoms with van der Waals surface area (Å²) in [6.07, 6.45) is 0. The zero-order chi connectivity index (χ0) is 14.0. The Kier molecular flexibility index (Phi) is 3.56. The third-order valence-corrected chi connectivity index (χ3v) is 3.46. The number of pyridine rings is 1. The van der Waals surface area contributed by atoms with Gasteiger partial charge in [-0.2, -0.15) is 0 Å². The highest BCUT2D eigenvalue weighted by Gasteiger charge is 2.14. The quantitative estimate of drug-likeness (QED) is 0.316. The van der Waals surface area contributed by atoms with Crippen molar-refractivity contribution in [1.82, 2.24) is 19.7 Å². The zero-order valence-electron chi connectivity index (χ0n) is 10.3. The molecule has 2 aromatic rings. The first-order chi connectivity index (χ1) is 9.02. The molecule has 19 heavy (non-hydrogen) atoms. The number of nitrogens with one attached hydrogen (secondary N) is 1. The van der Waals surface area contributed by atoms with Gasteiger partial charge in [0.1, 0.15) is 5.03 Å². The van der Waals surface area contributed by atoms with E-state index in [2.05, 4.69) is 20.3 Å². The van der Waals surface area contributed by atoms with Crippen LogP contribution in [0.1, 0.15) is 11.3 Å². The predicted molar refractivity (Wildman–Crippen MR) is 69.4 cm³/mol. The molecule has 0 spiro atoms. The molecule has 0 unspecified atom stereocenters. The largest absolute Gasteiger partial charge is 0.409 e. The van der Waals surface area contributed by atoms with Crippen LogP contribution in [0, 0.1) is 6.92 Å². The molecule has 4 N–H and O–H groups in total. The molecule has 2 aromatic heterocycles. The van der Waals surface area contributed by atoms with Gasteiger partial charge in [-0.1, -0.05) is 5.16 Å². The van der Waals surface area contributed by atoms with Crippen molar-refractivity contribution in [3.8, 4) is 0 Å². The number of rotatable bonds is 3. The van der Waals surface area contributed by atoms with E-state index >= 15 is 0 Å². The van der Waals surface area contributed by atoms with E-state index in [1.807, 2.05) is 6.92 Å². The Morgan fingerprint density at radius 3 is 2.89 bits per heavy atom. The predicted octanol–water partition coefficient (Wildman–Crippen LogP) is 0.0575. The molecule has 8 nitrogen and oxygen atoms in total. The number of aromatic nitrogens is 4. The van der Waals surface area contributed by atoms with Crippen molar-refractivity contribution in [3.05, 3.63) is 33.9 Å².